The number of nitrogens with one attached hydrogen (secondary N) is 1. The van der Waals surface area contributed by atoms with Gasteiger partial charge in [-0.25, -0.2) is 17.5 Å². The molecule has 1 N–H and O–H groups in total. The molecule has 0 bridgehead atoms. The molecule has 1 aromatic carbocycles. The van der Waals surface area contributed by atoms with Crippen LogP contribution < -0.4 is 10.2 Å². The maximum Gasteiger partial charge on any atom is 0.494 e. The lowest BCUT2D eigenvalue weighted by atomic mass is 9.79. The van der Waals surface area contributed by atoms with Gasteiger partial charge in [-0.1, -0.05) is 47.6 Å². The van der Waals surface area contributed by atoms with Crippen LogP contribution in [0, 0.1) is 12.7 Å². The quantitative estimate of drug-likeness (QED) is 0.580. The van der Waals surface area contributed by atoms with Gasteiger partial charge in [-0.3, -0.25) is 4.79 Å². The van der Waals surface area contributed by atoms with Crippen LogP contribution in [0.15, 0.2) is 39.8 Å². The third-order valence-corrected chi connectivity index (χ3v) is 6.35. The standard InChI is InChI=1S/C18H21BFNO6S.3C2H6/c1-11-8-12(10-25-11)16(22)21-28(23,24)15-7-6-13(9-14(15)20)19-26-17(2,3)18(4,5)27-19;3*1-2/h6-10H,1-5H3,(H,21,22);3*1-2H3. The van der Waals surface area contributed by atoms with Gasteiger partial charge < -0.3 is 13.7 Å². The molecule has 1 aliphatic rings. The summed E-state index contributed by atoms with van der Waals surface area (Å²) in [5.41, 5.74) is -0.868. The summed E-state index contributed by atoms with van der Waals surface area (Å²) in [6.45, 7) is 21.0. The minimum absolute atomic E-state index is 0.0234. The summed E-state index contributed by atoms with van der Waals surface area (Å²) in [4.78, 5) is 11.4. The zero-order valence-electron chi connectivity index (χ0n) is 22.2. The van der Waals surface area contributed by atoms with Crippen molar-refractivity contribution in [2.45, 2.75) is 92.3 Å². The largest absolute Gasteiger partial charge is 0.494 e. The summed E-state index contributed by atoms with van der Waals surface area (Å²) >= 11 is 0. The first-order valence-corrected chi connectivity index (χ1v) is 13.1. The number of furan rings is 1. The Labute approximate surface area is 204 Å². The molecule has 192 valence electrons. The van der Waals surface area contributed by atoms with Gasteiger partial charge in [0.1, 0.15) is 22.7 Å². The third kappa shape index (κ3) is 7.42. The highest BCUT2D eigenvalue weighted by Crippen LogP contribution is 2.36. The molecule has 7 nitrogen and oxygen atoms in total. The minimum Gasteiger partial charge on any atom is -0.469 e. The number of carbonyl (C=O) groups is 1. The second kappa shape index (κ2) is 13.1. The van der Waals surface area contributed by atoms with Gasteiger partial charge in [0.25, 0.3) is 15.9 Å². The predicted octanol–water partition coefficient (Wildman–Crippen LogP) is 5.22. The fraction of sp³-hybridized carbons (Fsp3) is 0.542. The molecule has 0 spiro atoms. The molecule has 0 aliphatic carbocycles. The van der Waals surface area contributed by atoms with E-state index in [1.165, 1.54) is 12.1 Å². The van der Waals surface area contributed by atoms with Gasteiger partial charge in [0.15, 0.2) is 0 Å². The van der Waals surface area contributed by atoms with Crippen molar-refractivity contribution in [3.63, 3.8) is 0 Å². The topological polar surface area (TPSA) is 94.8 Å². The average molecular weight is 499 g/mol. The monoisotopic (exact) mass is 499 g/mol. The van der Waals surface area contributed by atoms with Crippen molar-refractivity contribution < 1.29 is 31.3 Å². The summed E-state index contributed by atoms with van der Waals surface area (Å²) in [6.07, 6.45) is 1.12. The van der Waals surface area contributed by atoms with E-state index in [0.29, 0.717) is 11.2 Å². The van der Waals surface area contributed by atoms with E-state index < -0.39 is 45.0 Å². The van der Waals surface area contributed by atoms with Gasteiger partial charge in [-0.15, -0.1) is 0 Å². The Bertz CT molecular complexity index is 1020. The first kappa shape index (κ1) is 31.8. The molecule has 1 fully saturated rings. The van der Waals surface area contributed by atoms with E-state index in [2.05, 4.69) is 0 Å². The second-order valence-corrected chi connectivity index (χ2v) is 9.31. The van der Waals surface area contributed by atoms with Crippen LogP contribution in [0.3, 0.4) is 0 Å². The van der Waals surface area contributed by atoms with E-state index >= 15 is 0 Å². The van der Waals surface area contributed by atoms with Crippen LogP contribution in [0.4, 0.5) is 4.39 Å². The first-order chi connectivity index (χ1) is 15.8. The van der Waals surface area contributed by atoms with E-state index in [1.54, 1.807) is 6.92 Å². The number of rotatable bonds is 4. The molecule has 2 heterocycles. The van der Waals surface area contributed by atoms with E-state index in [4.69, 9.17) is 13.7 Å². The van der Waals surface area contributed by atoms with Crippen molar-refractivity contribution in [2.24, 2.45) is 0 Å². The Morgan fingerprint density at radius 1 is 0.941 bits per heavy atom. The summed E-state index contributed by atoms with van der Waals surface area (Å²) < 4.78 is 57.9. The van der Waals surface area contributed by atoms with Crippen LogP contribution in [-0.4, -0.2) is 32.6 Å². The van der Waals surface area contributed by atoms with E-state index in [9.17, 15) is 17.6 Å². The maximum atomic E-state index is 14.6. The zero-order chi connectivity index (χ0) is 26.9. The summed E-state index contributed by atoms with van der Waals surface area (Å²) in [6, 6.07) is 4.88. The van der Waals surface area contributed by atoms with E-state index in [0.717, 1.165) is 18.4 Å². The van der Waals surface area contributed by atoms with Crippen LogP contribution in [0.5, 0.6) is 0 Å². The number of sulfonamides is 1. The SMILES string of the molecule is CC.CC.CC.Cc1cc(C(=O)NS(=O)(=O)c2ccc(B3OC(C)(C)C(C)(C)O3)cc2F)co1. The lowest BCUT2D eigenvalue weighted by Crippen LogP contribution is -2.41. The minimum atomic E-state index is -4.41. The predicted molar refractivity (Wildman–Crippen MR) is 134 cm³/mol. The second-order valence-electron chi connectivity index (χ2n) is 7.66. The van der Waals surface area contributed by atoms with Crippen molar-refractivity contribution in [3.05, 3.63) is 47.7 Å². The Morgan fingerprint density at radius 2 is 1.44 bits per heavy atom. The van der Waals surface area contributed by atoms with Crippen molar-refractivity contribution in [1.82, 2.24) is 4.72 Å². The van der Waals surface area contributed by atoms with Gasteiger partial charge in [-0.2, -0.15) is 0 Å². The highest BCUT2D eigenvalue weighted by atomic mass is 32.2. The molecule has 0 unspecified atom stereocenters. The van der Waals surface area contributed by atoms with Crippen LogP contribution in [0.2, 0.25) is 0 Å². The Kier molecular flexibility index (Phi) is 12.2. The number of benzene rings is 1. The van der Waals surface area contributed by atoms with Crippen LogP contribution in [-0.2, 0) is 19.3 Å². The van der Waals surface area contributed by atoms with Gasteiger partial charge in [0, 0.05) is 0 Å². The van der Waals surface area contributed by atoms with Crippen LogP contribution >= 0.6 is 0 Å². The molecule has 0 radical (unpaired) electrons. The summed E-state index contributed by atoms with van der Waals surface area (Å²) in [7, 11) is -5.25. The smallest absolute Gasteiger partial charge is 0.469 e. The van der Waals surface area contributed by atoms with Crippen molar-refractivity contribution >= 4 is 28.5 Å². The molecule has 1 aromatic heterocycles. The lowest BCUT2D eigenvalue weighted by Gasteiger charge is -2.32. The van der Waals surface area contributed by atoms with Gasteiger partial charge >= 0.3 is 7.12 Å². The molecule has 1 saturated heterocycles. The van der Waals surface area contributed by atoms with E-state index in [-0.39, 0.29) is 5.56 Å². The van der Waals surface area contributed by atoms with Crippen molar-refractivity contribution in [3.8, 4) is 0 Å². The van der Waals surface area contributed by atoms with Gasteiger partial charge in [0.2, 0.25) is 0 Å². The van der Waals surface area contributed by atoms with Crippen molar-refractivity contribution in [2.75, 3.05) is 0 Å². The fourth-order valence-corrected chi connectivity index (χ4v) is 3.69. The molecule has 0 atom stereocenters. The molecule has 10 heteroatoms. The highest BCUT2D eigenvalue weighted by molar-refractivity contribution is 7.90. The number of hydrogen-bond donors (Lipinski definition) is 1. The Hall–Kier alpha value is -2.17. The molecule has 1 aliphatic heterocycles. The lowest BCUT2D eigenvalue weighted by molar-refractivity contribution is 0.00578. The number of amides is 1. The van der Waals surface area contributed by atoms with Crippen molar-refractivity contribution in [1.29, 1.82) is 0 Å². The number of hydrogen-bond acceptors (Lipinski definition) is 6. The van der Waals surface area contributed by atoms with Gasteiger partial charge in [0.05, 0.1) is 16.8 Å². The summed E-state index contributed by atoms with van der Waals surface area (Å²) in [5.74, 6) is -1.48. The average Bonchev–Trinajstić information content (AvgIpc) is 3.31. The molecular weight excluding hydrogens is 460 g/mol. The molecule has 3 rings (SSSR count). The first-order valence-electron chi connectivity index (χ1n) is 11.6. The van der Waals surface area contributed by atoms with Crippen LogP contribution in [0.1, 0.15) is 85.4 Å². The third-order valence-electron chi connectivity index (χ3n) is 4.99. The fourth-order valence-electron chi connectivity index (χ4n) is 2.66. The normalized spacial score (nSPS) is 15.6. The molecule has 0 saturated carbocycles. The number of halogens is 1. The van der Waals surface area contributed by atoms with Gasteiger partial charge in [-0.05, 0) is 58.3 Å². The Morgan fingerprint density at radius 3 is 1.85 bits per heavy atom. The molecular formula is C24H39BFNO6S. The Balaban J connectivity index is 0.00000168. The molecule has 2 aromatic rings. The highest BCUT2D eigenvalue weighted by Gasteiger charge is 2.51. The number of carbonyl (C=O) groups excluding carboxylic acids is 1. The molecule has 1 amide bonds. The van der Waals surface area contributed by atoms with Crippen LogP contribution in [0.25, 0.3) is 0 Å². The van der Waals surface area contributed by atoms with E-state index in [1.807, 2.05) is 74.0 Å². The molecule has 34 heavy (non-hydrogen) atoms. The summed E-state index contributed by atoms with van der Waals surface area (Å²) in [5, 5.41) is 0. The number of aryl methyl sites for hydroxylation is 1. The zero-order valence-corrected chi connectivity index (χ0v) is 23.0. The maximum absolute atomic E-state index is 14.6.